The molecule has 0 radical (unpaired) electrons. The molecule has 1 saturated heterocycles. The highest BCUT2D eigenvalue weighted by Crippen LogP contribution is 2.56. The Morgan fingerprint density at radius 3 is 2.48 bits per heavy atom. The van der Waals surface area contributed by atoms with Crippen LogP contribution in [-0.2, 0) is 19.2 Å². The third-order valence-electron chi connectivity index (χ3n) is 8.55. The van der Waals surface area contributed by atoms with Gasteiger partial charge in [-0.25, -0.2) is 0 Å². The molecule has 7 nitrogen and oxygen atoms in total. The molecule has 2 aromatic carbocycles. The molecule has 6 rings (SSSR count). The van der Waals surface area contributed by atoms with Gasteiger partial charge in [0.25, 0.3) is 0 Å². The average Bonchev–Trinajstić information content (AvgIpc) is 3.21. The fourth-order valence-corrected chi connectivity index (χ4v) is 7.32. The molecule has 1 fully saturated rings. The zero-order valence-corrected chi connectivity index (χ0v) is 24.1. The molecule has 0 spiro atoms. The standard InChI is InChI=1S/C32H26INO6/c1-4-16-5-7-18(8-6-16)34-31(38)20-10-9-19-21(27(20)32(34)39)14-22-28(24(35)11-15(2)29(22)36)26(19)17-12-23(33)30(37)25(13-17)40-3/h4-9,11-13,20-21,26-27,37H,1,10,14H2,2-3H3/t20-,21+,26-,27-/m0/s1. The number of ketones is 2. The summed E-state index contributed by atoms with van der Waals surface area (Å²) in [7, 11) is 1.45. The highest BCUT2D eigenvalue weighted by molar-refractivity contribution is 14.1. The Morgan fingerprint density at radius 1 is 1.07 bits per heavy atom. The maximum Gasteiger partial charge on any atom is 0.238 e. The van der Waals surface area contributed by atoms with Crippen molar-refractivity contribution in [1.82, 2.24) is 0 Å². The zero-order valence-electron chi connectivity index (χ0n) is 21.9. The number of fused-ring (bicyclic) bond motifs is 3. The van der Waals surface area contributed by atoms with Gasteiger partial charge in [-0.05, 0) is 89.7 Å². The van der Waals surface area contributed by atoms with Crippen LogP contribution < -0.4 is 9.64 Å². The van der Waals surface area contributed by atoms with E-state index in [-0.39, 0.29) is 41.3 Å². The van der Waals surface area contributed by atoms with E-state index in [4.69, 9.17) is 4.74 Å². The Balaban J connectivity index is 1.49. The lowest BCUT2D eigenvalue weighted by Gasteiger charge is -2.42. The summed E-state index contributed by atoms with van der Waals surface area (Å²) in [5, 5.41) is 10.5. The van der Waals surface area contributed by atoms with Crippen LogP contribution in [0.1, 0.15) is 36.8 Å². The number of nitrogens with zero attached hydrogens (tertiary/aromatic N) is 1. The SMILES string of the molecule is C=Cc1ccc(N2C(=O)[C@H]3[C@H](CC=C4[C@H](c5cc(I)c(O)c(OC)c5)C5=C(C[C@H]43)C(=O)C(C)=CC5=O)C2=O)cc1. The third-order valence-corrected chi connectivity index (χ3v) is 9.38. The highest BCUT2D eigenvalue weighted by Gasteiger charge is 2.56. The number of methoxy groups -OCH3 is 1. The highest BCUT2D eigenvalue weighted by atomic mass is 127. The van der Waals surface area contributed by atoms with Crippen molar-refractivity contribution in [2.45, 2.75) is 25.7 Å². The Labute approximate surface area is 245 Å². The number of benzene rings is 2. The summed E-state index contributed by atoms with van der Waals surface area (Å²) in [4.78, 5) is 55.8. The number of phenolic OH excluding ortho intramolecular Hbond substituents is 1. The van der Waals surface area contributed by atoms with Crippen LogP contribution in [-0.4, -0.2) is 35.6 Å². The first kappa shape index (κ1) is 26.4. The molecule has 0 bridgehead atoms. The number of Topliss-reactive ketones (excluding diaryl/α,β-unsaturated/α-hetero) is 1. The Hall–Kier alpha value is -3.79. The lowest BCUT2D eigenvalue weighted by Crippen LogP contribution is -2.39. The molecule has 1 N–H and O–H groups in total. The number of phenols is 1. The summed E-state index contributed by atoms with van der Waals surface area (Å²) in [6.45, 7) is 5.38. The van der Waals surface area contributed by atoms with Crippen LogP contribution in [0.25, 0.3) is 6.08 Å². The van der Waals surface area contributed by atoms with Crippen LogP contribution in [0.15, 0.2) is 77.4 Å². The molecule has 1 heterocycles. The van der Waals surface area contributed by atoms with E-state index in [1.807, 2.05) is 40.8 Å². The fraction of sp³-hybridized carbons (Fsp3) is 0.250. The molecule has 2 aromatic rings. The van der Waals surface area contributed by atoms with E-state index in [0.29, 0.717) is 38.0 Å². The van der Waals surface area contributed by atoms with E-state index in [9.17, 15) is 24.3 Å². The van der Waals surface area contributed by atoms with Crippen LogP contribution in [0.3, 0.4) is 0 Å². The van der Waals surface area contributed by atoms with Gasteiger partial charge in [-0.2, -0.15) is 0 Å². The molecule has 202 valence electrons. The number of carbonyl (C=O) groups is 4. The second-order valence-corrected chi connectivity index (χ2v) is 11.8. The van der Waals surface area contributed by atoms with Gasteiger partial charge in [0, 0.05) is 22.6 Å². The number of aromatic hydroxyl groups is 1. The van der Waals surface area contributed by atoms with Crippen molar-refractivity contribution in [3.05, 3.63) is 92.1 Å². The minimum absolute atomic E-state index is 0.0115. The van der Waals surface area contributed by atoms with Gasteiger partial charge in [-0.15, -0.1) is 0 Å². The van der Waals surface area contributed by atoms with Crippen LogP contribution in [0.5, 0.6) is 11.5 Å². The van der Waals surface area contributed by atoms with Gasteiger partial charge in [-0.3, -0.25) is 24.1 Å². The molecular weight excluding hydrogens is 621 g/mol. The van der Waals surface area contributed by atoms with Crippen molar-refractivity contribution in [3.63, 3.8) is 0 Å². The zero-order chi connectivity index (χ0) is 28.5. The van der Waals surface area contributed by atoms with Gasteiger partial charge in [-0.1, -0.05) is 36.4 Å². The number of ether oxygens (including phenoxy) is 1. The first-order valence-electron chi connectivity index (χ1n) is 13.0. The Morgan fingerprint density at radius 2 is 1.80 bits per heavy atom. The topological polar surface area (TPSA) is 101 Å². The molecule has 3 aliphatic carbocycles. The lowest BCUT2D eigenvalue weighted by molar-refractivity contribution is -0.123. The number of imide groups is 1. The van der Waals surface area contributed by atoms with Crippen molar-refractivity contribution in [1.29, 1.82) is 0 Å². The van der Waals surface area contributed by atoms with Crippen molar-refractivity contribution in [2.24, 2.45) is 17.8 Å². The lowest BCUT2D eigenvalue weighted by atomic mass is 9.59. The Bertz CT molecular complexity index is 1630. The second kappa shape index (κ2) is 9.69. The van der Waals surface area contributed by atoms with Crippen LogP contribution in [0, 0.1) is 21.3 Å². The number of hydrogen-bond donors (Lipinski definition) is 1. The Kier molecular flexibility index (Phi) is 6.40. The van der Waals surface area contributed by atoms with Crippen LogP contribution in [0.2, 0.25) is 0 Å². The molecule has 0 unspecified atom stereocenters. The van der Waals surface area contributed by atoms with Crippen molar-refractivity contribution >= 4 is 57.7 Å². The number of carbonyl (C=O) groups excluding carboxylic acids is 4. The average molecular weight is 647 g/mol. The number of halogens is 1. The summed E-state index contributed by atoms with van der Waals surface area (Å²) in [6.07, 6.45) is 5.61. The van der Waals surface area contributed by atoms with E-state index >= 15 is 0 Å². The third kappa shape index (κ3) is 3.83. The summed E-state index contributed by atoms with van der Waals surface area (Å²) < 4.78 is 5.94. The van der Waals surface area contributed by atoms with Crippen molar-refractivity contribution in [3.8, 4) is 11.5 Å². The maximum atomic E-state index is 14.0. The number of rotatable bonds is 4. The summed E-state index contributed by atoms with van der Waals surface area (Å²) >= 11 is 2.01. The van der Waals surface area contributed by atoms with Gasteiger partial charge in [0.05, 0.1) is 28.2 Å². The molecule has 8 heteroatoms. The van der Waals surface area contributed by atoms with Gasteiger partial charge in [0.1, 0.15) is 0 Å². The van der Waals surface area contributed by atoms with E-state index in [1.165, 1.54) is 18.1 Å². The van der Waals surface area contributed by atoms with E-state index < -0.39 is 23.7 Å². The maximum absolute atomic E-state index is 14.0. The molecule has 4 aliphatic rings. The van der Waals surface area contributed by atoms with E-state index in [2.05, 4.69) is 6.58 Å². The molecule has 1 aliphatic heterocycles. The van der Waals surface area contributed by atoms with E-state index in [0.717, 1.165) is 11.1 Å². The summed E-state index contributed by atoms with van der Waals surface area (Å²) in [5.41, 5.74) is 4.07. The van der Waals surface area contributed by atoms with Gasteiger partial charge < -0.3 is 9.84 Å². The largest absolute Gasteiger partial charge is 0.504 e. The van der Waals surface area contributed by atoms with Gasteiger partial charge >= 0.3 is 0 Å². The van der Waals surface area contributed by atoms with Crippen LogP contribution >= 0.6 is 22.6 Å². The smallest absolute Gasteiger partial charge is 0.238 e. The first-order chi connectivity index (χ1) is 19.2. The number of amides is 2. The quantitative estimate of drug-likeness (QED) is 0.210. The summed E-state index contributed by atoms with van der Waals surface area (Å²) in [6, 6.07) is 10.6. The summed E-state index contributed by atoms with van der Waals surface area (Å²) in [5.74, 6) is -3.01. The molecular formula is C32H26INO6. The first-order valence-corrected chi connectivity index (χ1v) is 14.1. The monoisotopic (exact) mass is 647 g/mol. The van der Waals surface area contributed by atoms with Gasteiger partial charge in [0.15, 0.2) is 23.1 Å². The van der Waals surface area contributed by atoms with E-state index in [1.54, 1.807) is 37.3 Å². The number of allylic oxidation sites excluding steroid dienone is 6. The van der Waals surface area contributed by atoms with Crippen LogP contribution in [0.4, 0.5) is 5.69 Å². The van der Waals surface area contributed by atoms with Gasteiger partial charge in [0.2, 0.25) is 11.8 Å². The predicted octanol–water partition coefficient (Wildman–Crippen LogP) is 5.28. The predicted molar refractivity (Wildman–Crippen MR) is 158 cm³/mol. The normalized spacial score (nSPS) is 25.7. The minimum Gasteiger partial charge on any atom is -0.504 e. The second-order valence-electron chi connectivity index (χ2n) is 10.6. The molecule has 40 heavy (non-hydrogen) atoms. The molecule has 2 amide bonds. The fourth-order valence-electron chi connectivity index (χ4n) is 6.69. The molecule has 0 saturated carbocycles. The number of anilines is 1. The van der Waals surface area contributed by atoms with Crippen molar-refractivity contribution in [2.75, 3.05) is 12.0 Å². The molecule has 4 atom stereocenters. The minimum atomic E-state index is -0.657. The van der Waals surface area contributed by atoms with Crippen molar-refractivity contribution < 1.29 is 29.0 Å². The molecule has 0 aromatic heterocycles. The number of hydrogen-bond acceptors (Lipinski definition) is 6.